The van der Waals surface area contributed by atoms with Crippen LogP contribution in [-0.4, -0.2) is 25.3 Å². The predicted molar refractivity (Wildman–Crippen MR) is 115 cm³/mol. The highest BCUT2D eigenvalue weighted by Crippen LogP contribution is 2.23. The molecule has 3 aromatic rings. The van der Waals surface area contributed by atoms with Crippen LogP contribution in [0.3, 0.4) is 0 Å². The summed E-state index contributed by atoms with van der Waals surface area (Å²) in [7, 11) is 0. The van der Waals surface area contributed by atoms with Gasteiger partial charge in [0.15, 0.2) is 0 Å². The summed E-state index contributed by atoms with van der Waals surface area (Å²) in [6.07, 6.45) is 2.26. The number of amides is 1. The average Bonchev–Trinajstić information content (AvgIpc) is 2.76. The second-order valence-electron chi connectivity index (χ2n) is 6.08. The number of para-hydroxylation sites is 2. The van der Waals surface area contributed by atoms with Crippen molar-refractivity contribution >= 4 is 23.7 Å². The van der Waals surface area contributed by atoms with E-state index in [2.05, 4.69) is 10.5 Å². The molecule has 0 heterocycles. The van der Waals surface area contributed by atoms with Crippen LogP contribution in [0.5, 0.6) is 11.5 Å². The van der Waals surface area contributed by atoms with Gasteiger partial charge in [-0.1, -0.05) is 54.1 Å². The molecule has 148 valence electrons. The third-order valence-corrected chi connectivity index (χ3v) is 4.28. The Balaban J connectivity index is 1.47. The monoisotopic (exact) mass is 408 g/mol. The van der Waals surface area contributed by atoms with Crippen molar-refractivity contribution in [3.05, 3.63) is 95.0 Å². The van der Waals surface area contributed by atoms with Crippen LogP contribution in [0.2, 0.25) is 5.02 Å². The summed E-state index contributed by atoms with van der Waals surface area (Å²) in [6, 6.07) is 23.8. The van der Waals surface area contributed by atoms with E-state index in [1.165, 1.54) is 0 Å². The van der Waals surface area contributed by atoms with Crippen molar-refractivity contribution in [3.63, 3.8) is 0 Å². The number of carbonyl (C=O) groups is 1. The predicted octanol–water partition coefficient (Wildman–Crippen LogP) is 4.95. The molecule has 0 bridgehead atoms. The summed E-state index contributed by atoms with van der Waals surface area (Å²) in [5, 5.41) is 4.62. The number of ether oxygens (including phenoxy) is 2. The van der Waals surface area contributed by atoms with Gasteiger partial charge >= 0.3 is 0 Å². The van der Waals surface area contributed by atoms with E-state index in [4.69, 9.17) is 21.1 Å². The maximum Gasteiger partial charge on any atom is 0.271 e. The molecule has 1 amide bonds. The number of carbonyl (C=O) groups excluding carboxylic acids is 1. The van der Waals surface area contributed by atoms with Gasteiger partial charge in [0, 0.05) is 17.5 Å². The van der Waals surface area contributed by atoms with E-state index < -0.39 is 0 Å². The fourth-order valence-electron chi connectivity index (χ4n) is 2.52. The van der Waals surface area contributed by atoms with Crippen molar-refractivity contribution in [2.45, 2.75) is 6.42 Å². The van der Waals surface area contributed by atoms with E-state index in [-0.39, 0.29) is 5.91 Å². The zero-order chi connectivity index (χ0) is 20.3. The molecule has 0 fully saturated rings. The van der Waals surface area contributed by atoms with Crippen molar-refractivity contribution < 1.29 is 14.3 Å². The van der Waals surface area contributed by atoms with Crippen LogP contribution < -0.4 is 14.9 Å². The first-order valence-corrected chi connectivity index (χ1v) is 9.59. The molecule has 0 spiro atoms. The van der Waals surface area contributed by atoms with Gasteiger partial charge in [0.2, 0.25) is 0 Å². The number of benzene rings is 3. The highest BCUT2D eigenvalue weighted by atomic mass is 35.5. The summed E-state index contributed by atoms with van der Waals surface area (Å²) in [4.78, 5) is 12.0. The van der Waals surface area contributed by atoms with Gasteiger partial charge < -0.3 is 9.47 Å². The number of nitrogens with zero attached hydrogens (tertiary/aromatic N) is 1. The minimum absolute atomic E-state index is 0.267. The maximum atomic E-state index is 12.0. The van der Waals surface area contributed by atoms with Crippen LogP contribution >= 0.6 is 11.6 Å². The van der Waals surface area contributed by atoms with Gasteiger partial charge in [-0.3, -0.25) is 4.79 Å². The maximum absolute atomic E-state index is 12.0. The van der Waals surface area contributed by atoms with E-state index in [9.17, 15) is 4.79 Å². The van der Waals surface area contributed by atoms with E-state index in [1.54, 1.807) is 36.5 Å². The highest BCUT2D eigenvalue weighted by molar-refractivity contribution is 6.32. The van der Waals surface area contributed by atoms with Crippen LogP contribution in [0.1, 0.15) is 22.3 Å². The summed E-state index contributed by atoms with van der Waals surface area (Å²) < 4.78 is 11.5. The molecule has 0 saturated carbocycles. The van der Waals surface area contributed by atoms with Gasteiger partial charge in [-0.25, -0.2) is 5.43 Å². The first kappa shape index (κ1) is 20.4. The standard InChI is InChI=1S/C23H21ClN2O3/c24-20-12-5-7-14-22(20)29-16-8-15-28-21-13-6-4-11-19(21)17-25-26-23(27)18-9-2-1-3-10-18/h1-7,9-14,17H,8,15-16H2,(H,26,27)/b25-17+. The summed E-state index contributed by atoms with van der Waals surface area (Å²) >= 11 is 6.06. The molecule has 3 aromatic carbocycles. The lowest BCUT2D eigenvalue weighted by Gasteiger charge is -2.10. The molecular formula is C23H21ClN2O3. The Labute approximate surface area is 174 Å². The van der Waals surface area contributed by atoms with Gasteiger partial charge in [0.1, 0.15) is 11.5 Å². The van der Waals surface area contributed by atoms with Crippen LogP contribution in [0.15, 0.2) is 84.0 Å². The van der Waals surface area contributed by atoms with Crippen LogP contribution in [0, 0.1) is 0 Å². The number of hydrogen-bond donors (Lipinski definition) is 1. The number of hydrazone groups is 1. The summed E-state index contributed by atoms with van der Waals surface area (Å²) in [6.45, 7) is 0.971. The lowest BCUT2D eigenvalue weighted by Crippen LogP contribution is -2.17. The Bertz CT molecular complexity index is 961. The quantitative estimate of drug-likeness (QED) is 0.309. The Morgan fingerprint density at radius 1 is 0.862 bits per heavy atom. The molecule has 0 radical (unpaired) electrons. The molecule has 0 atom stereocenters. The van der Waals surface area contributed by atoms with Gasteiger partial charge in [0.05, 0.1) is 24.5 Å². The Kier molecular flexibility index (Phi) is 7.66. The lowest BCUT2D eigenvalue weighted by atomic mass is 10.2. The number of halogens is 1. The molecular weight excluding hydrogens is 388 g/mol. The number of nitrogens with one attached hydrogen (secondary N) is 1. The molecule has 0 aliphatic heterocycles. The molecule has 0 aliphatic rings. The lowest BCUT2D eigenvalue weighted by molar-refractivity contribution is 0.0955. The third kappa shape index (κ3) is 6.36. The molecule has 0 saturated heterocycles. The molecule has 29 heavy (non-hydrogen) atoms. The fraction of sp³-hybridized carbons (Fsp3) is 0.130. The van der Waals surface area contributed by atoms with Crippen LogP contribution in [-0.2, 0) is 0 Å². The average molecular weight is 409 g/mol. The van der Waals surface area contributed by atoms with E-state index in [0.717, 1.165) is 5.56 Å². The van der Waals surface area contributed by atoms with Crippen molar-refractivity contribution in [1.82, 2.24) is 5.43 Å². The van der Waals surface area contributed by atoms with Gasteiger partial charge in [0.25, 0.3) is 5.91 Å². The molecule has 0 unspecified atom stereocenters. The first-order valence-electron chi connectivity index (χ1n) is 9.21. The molecule has 6 heteroatoms. The van der Waals surface area contributed by atoms with Crippen LogP contribution in [0.4, 0.5) is 0 Å². The zero-order valence-corrected chi connectivity index (χ0v) is 16.5. The van der Waals surface area contributed by atoms with E-state index in [1.807, 2.05) is 48.5 Å². The molecule has 0 aromatic heterocycles. The largest absolute Gasteiger partial charge is 0.493 e. The van der Waals surface area contributed by atoms with Crippen molar-refractivity contribution in [1.29, 1.82) is 0 Å². The van der Waals surface area contributed by atoms with Gasteiger partial charge in [-0.05, 0) is 36.4 Å². The van der Waals surface area contributed by atoms with E-state index in [0.29, 0.717) is 41.7 Å². The zero-order valence-electron chi connectivity index (χ0n) is 15.8. The summed E-state index contributed by atoms with van der Waals surface area (Å²) in [5.74, 6) is 1.08. The Morgan fingerprint density at radius 3 is 2.24 bits per heavy atom. The molecule has 3 rings (SSSR count). The topological polar surface area (TPSA) is 59.9 Å². The second kappa shape index (κ2) is 10.9. The normalized spacial score (nSPS) is 10.7. The van der Waals surface area contributed by atoms with Crippen molar-refractivity contribution in [2.24, 2.45) is 5.10 Å². The highest BCUT2D eigenvalue weighted by Gasteiger charge is 2.04. The van der Waals surface area contributed by atoms with E-state index >= 15 is 0 Å². The summed E-state index contributed by atoms with van der Waals surface area (Å²) in [5.41, 5.74) is 3.84. The number of hydrogen-bond acceptors (Lipinski definition) is 4. The Morgan fingerprint density at radius 2 is 1.48 bits per heavy atom. The van der Waals surface area contributed by atoms with Gasteiger partial charge in [-0.2, -0.15) is 5.10 Å². The number of rotatable bonds is 9. The van der Waals surface area contributed by atoms with Crippen molar-refractivity contribution in [3.8, 4) is 11.5 Å². The van der Waals surface area contributed by atoms with Gasteiger partial charge in [-0.15, -0.1) is 0 Å². The minimum Gasteiger partial charge on any atom is -0.493 e. The first-order chi connectivity index (χ1) is 14.2. The van der Waals surface area contributed by atoms with Crippen LogP contribution in [0.25, 0.3) is 0 Å². The minimum atomic E-state index is -0.267. The third-order valence-electron chi connectivity index (χ3n) is 3.97. The second-order valence-corrected chi connectivity index (χ2v) is 6.49. The SMILES string of the molecule is O=C(N/N=C/c1ccccc1OCCCOc1ccccc1Cl)c1ccccc1. The van der Waals surface area contributed by atoms with Crippen molar-refractivity contribution in [2.75, 3.05) is 13.2 Å². The molecule has 0 aliphatic carbocycles. The smallest absolute Gasteiger partial charge is 0.271 e. The molecule has 5 nitrogen and oxygen atoms in total. The Hall–Kier alpha value is -3.31. The fourth-order valence-corrected chi connectivity index (χ4v) is 2.71. The molecule has 1 N–H and O–H groups in total.